The van der Waals surface area contributed by atoms with Crippen LogP contribution in [0, 0.1) is 12.3 Å². The number of carbonyl (C=O) groups excluding carboxylic acids is 1. The lowest BCUT2D eigenvalue weighted by Gasteiger charge is -2.34. The number of benzene rings is 1. The molecule has 1 aliphatic heterocycles. The molecule has 1 saturated heterocycles. The minimum atomic E-state index is -0.735. The highest BCUT2D eigenvalue weighted by atomic mass is 35.5. The number of anilines is 1. The first-order valence-electron chi connectivity index (χ1n) is 8.50. The third-order valence-electron chi connectivity index (χ3n) is 4.91. The molecule has 9 heteroatoms. The number of aryl methyl sites for hydroxylation is 1. The van der Waals surface area contributed by atoms with Gasteiger partial charge in [0, 0.05) is 24.8 Å². The molecular formula is C18H20Cl2N4O3. The number of nitrogens with one attached hydrogen (secondary N) is 1. The van der Waals surface area contributed by atoms with Crippen molar-refractivity contribution in [1.29, 1.82) is 0 Å². The number of halogens is 2. The second kappa shape index (κ2) is 7.88. The number of aromatic nitrogens is 2. The summed E-state index contributed by atoms with van der Waals surface area (Å²) < 4.78 is 6.49. The van der Waals surface area contributed by atoms with Gasteiger partial charge in [0.05, 0.1) is 23.0 Å². The van der Waals surface area contributed by atoms with Crippen molar-refractivity contribution in [2.75, 3.05) is 25.1 Å². The molecule has 7 nitrogen and oxygen atoms in total. The molecule has 1 amide bonds. The molecule has 0 saturated carbocycles. The molecule has 0 spiro atoms. The summed E-state index contributed by atoms with van der Waals surface area (Å²) in [7, 11) is 0. The highest BCUT2D eigenvalue weighted by Crippen LogP contribution is 2.31. The van der Waals surface area contributed by atoms with Crippen LogP contribution in [0.1, 0.15) is 18.4 Å². The van der Waals surface area contributed by atoms with Gasteiger partial charge in [0.2, 0.25) is 5.91 Å². The van der Waals surface area contributed by atoms with E-state index in [-0.39, 0.29) is 11.6 Å². The van der Waals surface area contributed by atoms with Crippen molar-refractivity contribution in [3.8, 4) is 5.69 Å². The quantitative estimate of drug-likeness (QED) is 0.788. The van der Waals surface area contributed by atoms with Crippen LogP contribution in [-0.2, 0) is 9.53 Å². The van der Waals surface area contributed by atoms with E-state index in [1.807, 2.05) is 6.92 Å². The highest BCUT2D eigenvalue weighted by molar-refractivity contribution is 6.33. The van der Waals surface area contributed by atoms with E-state index in [4.69, 9.17) is 33.7 Å². The number of carbonyl (C=O) groups is 1. The number of hydrogen-bond acceptors (Lipinski definition) is 5. The number of ether oxygens (including phenoxy) is 1. The maximum absolute atomic E-state index is 12.6. The lowest BCUT2D eigenvalue weighted by molar-refractivity contribution is -0.132. The summed E-state index contributed by atoms with van der Waals surface area (Å²) in [6.07, 6.45) is 2.48. The predicted octanol–water partition coefficient (Wildman–Crippen LogP) is 2.54. The van der Waals surface area contributed by atoms with Crippen LogP contribution in [0.4, 0.5) is 5.69 Å². The smallest absolute Gasteiger partial charge is 0.292 e. The molecule has 144 valence electrons. The van der Waals surface area contributed by atoms with Gasteiger partial charge in [0.25, 0.3) is 5.56 Å². The van der Waals surface area contributed by atoms with Crippen LogP contribution in [-0.4, -0.2) is 35.4 Å². The largest absolute Gasteiger partial charge is 0.381 e. The topological polar surface area (TPSA) is 99.2 Å². The van der Waals surface area contributed by atoms with E-state index in [1.54, 1.807) is 18.2 Å². The van der Waals surface area contributed by atoms with Crippen molar-refractivity contribution >= 4 is 34.8 Å². The Bertz CT molecular complexity index is 923. The maximum Gasteiger partial charge on any atom is 0.292 e. The van der Waals surface area contributed by atoms with Crippen molar-refractivity contribution in [1.82, 2.24) is 9.78 Å². The summed E-state index contributed by atoms with van der Waals surface area (Å²) in [6.45, 7) is 3.05. The summed E-state index contributed by atoms with van der Waals surface area (Å²) in [5, 5.41) is 7.73. The fourth-order valence-electron chi connectivity index (χ4n) is 2.99. The zero-order valence-corrected chi connectivity index (χ0v) is 16.3. The van der Waals surface area contributed by atoms with Crippen LogP contribution in [0.3, 0.4) is 0 Å². The Labute approximate surface area is 166 Å². The Kier molecular flexibility index (Phi) is 5.74. The number of primary amides is 1. The average Bonchev–Trinajstić information content (AvgIpc) is 2.66. The van der Waals surface area contributed by atoms with Gasteiger partial charge in [-0.3, -0.25) is 9.59 Å². The van der Waals surface area contributed by atoms with Gasteiger partial charge in [-0.05, 0) is 37.5 Å². The Morgan fingerprint density at radius 1 is 1.37 bits per heavy atom. The number of amides is 1. The molecule has 1 aliphatic rings. The van der Waals surface area contributed by atoms with Crippen LogP contribution in [0.2, 0.25) is 10.0 Å². The van der Waals surface area contributed by atoms with Crippen LogP contribution in [0.5, 0.6) is 0 Å². The predicted molar refractivity (Wildman–Crippen MR) is 105 cm³/mol. The van der Waals surface area contributed by atoms with Crippen LogP contribution < -0.4 is 16.6 Å². The lowest BCUT2D eigenvalue weighted by Crippen LogP contribution is -2.46. The molecule has 2 aromatic rings. The monoisotopic (exact) mass is 410 g/mol. The lowest BCUT2D eigenvalue weighted by atomic mass is 9.79. The summed E-state index contributed by atoms with van der Waals surface area (Å²) in [5.74, 6) is -0.398. The third kappa shape index (κ3) is 3.95. The van der Waals surface area contributed by atoms with E-state index in [1.165, 1.54) is 10.9 Å². The van der Waals surface area contributed by atoms with E-state index >= 15 is 0 Å². The molecule has 3 N–H and O–H groups in total. The van der Waals surface area contributed by atoms with E-state index < -0.39 is 16.9 Å². The van der Waals surface area contributed by atoms with E-state index in [0.717, 1.165) is 5.56 Å². The van der Waals surface area contributed by atoms with Crippen molar-refractivity contribution in [2.45, 2.75) is 19.8 Å². The summed E-state index contributed by atoms with van der Waals surface area (Å²) in [6, 6.07) is 5.19. The Morgan fingerprint density at radius 2 is 2.07 bits per heavy atom. The van der Waals surface area contributed by atoms with Gasteiger partial charge in [-0.25, -0.2) is 0 Å². The second-order valence-corrected chi connectivity index (χ2v) is 7.42. The van der Waals surface area contributed by atoms with Gasteiger partial charge in [0.1, 0.15) is 5.02 Å². The van der Waals surface area contributed by atoms with Crippen LogP contribution in [0.25, 0.3) is 5.69 Å². The van der Waals surface area contributed by atoms with Crippen molar-refractivity contribution < 1.29 is 9.53 Å². The summed E-state index contributed by atoms with van der Waals surface area (Å²) in [5.41, 5.74) is 6.14. The number of nitrogens with two attached hydrogens (primary N) is 1. The van der Waals surface area contributed by atoms with Gasteiger partial charge >= 0.3 is 0 Å². The number of hydrogen-bond donors (Lipinski definition) is 2. The van der Waals surface area contributed by atoms with Crippen molar-refractivity contribution in [2.24, 2.45) is 11.1 Å². The zero-order chi connectivity index (χ0) is 19.6. The Morgan fingerprint density at radius 3 is 2.70 bits per heavy atom. The van der Waals surface area contributed by atoms with E-state index in [0.29, 0.717) is 42.5 Å². The molecule has 2 heterocycles. The minimum absolute atomic E-state index is 0.0200. The minimum Gasteiger partial charge on any atom is -0.381 e. The second-order valence-electron chi connectivity index (χ2n) is 6.63. The third-order valence-corrected chi connectivity index (χ3v) is 5.68. The first-order chi connectivity index (χ1) is 12.8. The van der Waals surface area contributed by atoms with Crippen LogP contribution in [0.15, 0.2) is 29.2 Å². The molecule has 1 fully saturated rings. The SMILES string of the molecule is Cc1ccc(-n2ncc(NCC3(C(N)=O)CCOCC3)c(Cl)c2=O)cc1Cl. The van der Waals surface area contributed by atoms with E-state index in [9.17, 15) is 9.59 Å². The molecule has 0 aliphatic carbocycles. The molecule has 0 atom stereocenters. The van der Waals surface area contributed by atoms with E-state index in [2.05, 4.69) is 10.4 Å². The molecular weight excluding hydrogens is 391 g/mol. The zero-order valence-electron chi connectivity index (χ0n) is 14.8. The fraction of sp³-hybridized carbons (Fsp3) is 0.389. The van der Waals surface area contributed by atoms with Gasteiger partial charge in [-0.2, -0.15) is 9.78 Å². The van der Waals surface area contributed by atoms with Gasteiger partial charge in [0.15, 0.2) is 0 Å². The Hall–Kier alpha value is -2.09. The first-order valence-corrected chi connectivity index (χ1v) is 9.25. The van der Waals surface area contributed by atoms with Gasteiger partial charge in [-0.15, -0.1) is 0 Å². The van der Waals surface area contributed by atoms with Crippen molar-refractivity contribution in [3.05, 3.63) is 50.4 Å². The molecule has 0 bridgehead atoms. The maximum atomic E-state index is 12.6. The van der Waals surface area contributed by atoms with Crippen LogP contribution >= 0.6 is 23.2 Å². The average molecular weight is 411 g/mol. The molecule has 1 aromatic carbocycles. The van der Waals surface area contributed by atoms with Crippen molar-refractivity contribution in [3.63, 3.8) is 0 Å². The standard InChI is InChI=1S/C18H20Cl2N4O3/c1-11-2-3-12(8-13(11)19)24-16(25)15(20)14(9-23-24)22-10-18(17(21)26)4-6-27-7-5-18/h2-3,8-9,22H,4-7,10H2,1H3,(H2,21,26). The molecule has 3 rings (SSSR count). The first kappa shape index (κ1) is 19.7. The fourth-order valence-corrected chi connectivity index (χ4v) is 3.36. The highest BCUT2D eigenvalue weighted by Gasteiger charge is 2.38. The normalized spacial score (nSPS) is 16.1. The summed E-state index contributed by atoms with van der Waals surface area (Å²) in [4.78, 5) is 24.6. The molecule has 1 aromatic heterocycles. The van der Waals surface area contributed by atoms with Gasteiger partial charge < -0.3 is 15.8 Å². The molecule has 0 radical (unpaired) electrons. The Balaban J connectivity index is 1.85. The van der Waals surface area contributed by atoms with Gasteiger partial charge in [-0.1, -0.05) is 29.3 Å². The summed E-state index contributed by atoms with van der Waals surface area (Å²) >= 11 is 12.4. The number of nitrogens with zero attached hydrogens (tertiary/aromatic N) is 2. The molecule has 0 unspecified atom stereocenters. The molecule has 27 heavy (non-hydrogen) atoms. The number of rotatable bonds is 5.